The van der Waals surface area contributed by atoms with Crippen LogP contribution in [-0.4, -0.2) is 43.3 Å². The summed E-state index contributed by atoms with van der Waals surface area (Å²) >= 11 is 0. The van der Waals surface area contributed by atoms with Gasteiger partial charge in [0.15, 0.2) is 6.10 Å². The van der Waals surface area contributed by atoms with Crippen LogP contribution in [0.25, 0.3) is 0 Å². The van der Waals surface area contributed by atoms with Gasteiger partial charge >= 0.3 is 19.8 Å². The summed E-state index contributed by atoms with van der Waals surface area (Å²) in [6.07, 6.45) is 53.8. The molecule has 0 aromatic rings. The predicted molar refractivity (Wildman–Crippen MR) is 249 cm³/mol. The first-order valence-corrected chi connectivity index (χ1v) is 26.5. The maximum atomic E-state index is 12.6. The molecule has 0 bridgehead atoms. The van der Waals surface area contributed by atoms with Gasteiger partial charge in [0.2, 0.25) is 0 Å². The Hall–Kier alpha value is -1.47. The van der Waals surface area contributed by atoms with Crippen LogP contribution >= 0.6 is 7.82 Å². The third kappa shape index (κ3) is 45.9. The quantitative estimate of drug-likeness (QED) is 0.0279. The number of unbranched alkanes of at least 4 members (excludes halogenated alkanes) is 32. The molecule has 0 radical (unpaired) electrons. The summed E-state index contributed by atoms with van der Waals surface area (Å²) in [5.74, 6) is -0.798. The smallest absolute Gasteiger partial charge is 0.462 e. The fourth-order valence-corrected chi connectivity index (χ4v) is 7.76. The molecule has 0 aliphatic rings. The highest BCUT2D eigenvalue weighted by Gasteiger charge is 2.24. The van der Waals surface area contributed by atoms with Crippen molar-refractivity contribution in [2.24, 2.45) is 0 Å². The van der Waals surface area contributed by atoms with E-state index in [-0.39, 0.29) is 19.0 Å². The second-order valence-corrected chi connectivity index (χ2v) is 18.5. The van der Waals surface area contributed by atoms with Gasteiger partial charge in [-0.2, -0.15) is 0 Å². The van der Waals surface area contributed by atoms with Crippen molar-refractivity contribution in [3.8, 4) is 0 Å². The molecule has 348 valence electrons. The van der Waals surface area contributed by atoms with E-state index in [0.717, 1.165) is 39.2 Å². The number of carbonyl (C=O) groups excluding carboxylic acids is 2. The molecule has 0 aromatic carbocycles. The number of phosphoric ester groups is 1. The number of rotatable bonds is 47. The molecule has 1 N–H and O–H groups in total. The second kappa shape index (κ2) is 46.0. The minimum absolute atomic E-state index is 0.224. The van der Waals surface area contributed by atoms with Crippen molar-refractivity contribution in [1.82, 2.24) is 0 Å². The number of phosphoric acid groups is 1. The standard InChI is InChI=1S/C50H95O8P/c1-4-6-8-10-12-14-16-18-20-22-23-24-25-26-27-29-31-33-35-37-39-41-43-45-50(52)58-48(47-57-59(53,54)55-3)46-56-49(51)44-42-40-38-36-34-32-30-28-21-19-17-15-13-11-9-7-5-2/h19,21-23,48H,4-18,20,24-47H2,1-3H3,(H,53,54)/b21-19-,23-22-. The van der Waals surface area contributed by atoms with Crippen LogP contribution in [0.5, 0.6) is 0 Å². The van der Waals surface area contributed by atoms with E-state index in [0.29, 0.717) is 12.8 Å². The Balaban J connectivity index is 3.89. The lowest BCUT2D eigenvalue weighted by Crippen LogP contribution is -2.29. The number of hydrogen-bond acceptors (Lipinski definition) is 7. The van der Waals surface area contributed by atoms with E-state index in [1.807, 2.05) is 0 Å². The second-order valence-electron chi connectivity index (χ2n) is 16.9. The molecule has 0 amide bonds. The lowest BCUT2D eigenvalue weighted by atomic mass is 10.0. The van der Waals surface area contributed by atoms with E-state index < -0.39 is 26.5 Å². The highest BCUT2D eigenvalue weighted by atomic mass is 31.2. The van der Waals surface area contributed by atoms with Crippen LogP contribution in [-0.2, 0) is 32.7 Å². The number of allylic oxidation sites excluding steroid dienone is 4. The van der Waals surface area contributed by atoms with E-state index in [1.54, 1.807) is 0 Å². The van der Waals surface area contributed by atoms with Crippen molar-refractivity contribution in [1.29, 1.82) is 0 Å². The molecule has 0 fully saturated rings. The van der Waals surface area contributed by atoms with Crippen LogP contribution in [0, 0.1) is 0 Å². The highest BCUT2D eigenvalue weighted by Crippen LogP contribution is 2.42. The third-order valence-corrected chi connectivity index (χ3v) is 12.1. The minimum Gasteiger partial charge on any atom is -0.462 e. The predicted octanol–water partition coefficient (Wildman–Crippen LogP) is 16.2. The van der Waals surface area contributed by atoms with Gasteiger partial charge in [-0.15, -0.1) is 0 Å². The van der Waals surface area contributed by atoms with Crippen LogP contribution in [0.15, 0.2) is 24.3 Å². The third-order valence-electron chi connectivity index (χ3n) is 11.2. The van der Waals surface area contributed by atoms with Crippen LogP contribution < -0.4 is 0 Å². The van der Waals surface area contributed by atoms with Gasteiger partial charge in [0, 0.05) is 20.0 Å². The summed E-state index contributed by atoms with van der Waals surface area (Å²) in [4.78, 5) is 34.6. The summed E-state index contributed by atoms with van der Waals surface area (Å²) in [7, 11) is -3.20. The van der Waals surface area contributed by atoms with E-state index in [1.165, 1.54) is 193 Å². The van der Waals surface area contributed by atoms with E-state index in [2.05, 4.69) is 42.7 Å². The summed E-state index contributed by atoms with van der Waals surface area (Å²) in [6, 6.07) is 0. The van der Waals surface area contributed by atoms with Gasteiger partial charge in [-0.25, -0.2) is 4.57 Å². The minimum atomic E-state index is -4.26. The summed E-state index contributed by atoms with van der Waals surface area (Å²) in [5.41, 5.74) is 0. The first-order valence-electron chi connectivity index (χ1n) is 25.0. The molecule has 59 heavy (non-hydrogen) atoms. The highest BCUT2D eigenvalue weighted by molar-refractivity contribution is 7.47. The topological polar surface area (TPSA) is 108 Å². The molecular weight excluding hydrogens is 760 g/mol. The first-order chi connectivity index (χ1) is 28.8. The van der Waals surface area contributed by atoms with Crippen molar-refractivity contribution < 1.29 is 37.6 Å². The van der Waals surface area contributed by atoms with E-state index >= 15 is 0 Å². The molecular formula is C50H95O8P. The Bertz CT molecular complexity index is 1010. The van der Waals surface area contributed by atoms with Gasteiger partial charge in [-0.05, 0) is 64.2 Å². The molecule has 0 spiro atoms. The summed E-state index contributed by atoms with van der Waals surface area (Å²) in [6.45, 7) is 3.92. The SMILES string of the molecule is CCCCCCCC/C=C\CCCCCCCCCC(=O)OCC(COP(=O)(O)OC)OC(=O)CCCCCCCCCCCCC/C=C\CCCCCCCCCC. The van der Waals surface area contributed by atoms with Crippen molar-refractivity contribution in [2.75, 3.05) is 20.3 Å². The van der Waals surface area contributed by atoms with E-state index in [4.69, 9.17) is 14.0 Å². The maximum Gasteiger partial charge on any atom is 0.472 e. The average molecular weight is 855 g/mol. The monoisotopic (exact) mass is 855 g/mol. The molecule has 0 rings (SSSR count). The molecule has 9 heteroatoms. The fourth-order valence-electron chi connectivity index (χ4n) is 7.30. The van der Waals surface area contributed by atoms with Crippen LogP contribution in [0.1, 0.15) is 258 Å². The molecule has 0 aliphatic carbocycles. The van der Waals surface area contributed by atoms with Crippen LogP contribution in [0.3, 0.4) is 0 Å². The van der Waals surface area contributed by atoms with Gasteiger partial charge in [0.1, 0.15) is 6.61 Å². The Morgan fingerprint density at radius 2 is 0.763 bits per heavy atom. The Labute approximate surface area is 364 Å². The average Bonchev–Trinajstić information content (AvgIpc) is 3.23. The number of ether oxygens (including phenoxy) is 2. The maximum absolute atomic E-state index is 12.6. The normalized spacial score (nSPS) is 13.4. The molecule has 0 saturated heterocycles. The molecule has 8 nitrogen and oxygen atoms in total. The largest absolute Gasteiger partial charge is 0.472 e. The zero-order chi connectivity index (χ0) is 43.2. The molecule has 0 heterocycles. The molecule has 0 saturated carbocycles. The lowest BCUT2D eigenvalue weighted by molar-refractivity contribution is -0.161. The van der Waals surface area contributed by atoms with Crippen molar-refractivity contribution in [3.63, 3.8) is 0 Å². The lowest BCUT2D eigenvalue weighted by Gasteiger charge is -2.19. The van der Waals surface area contributed by atoms with Crippen molar-refractivity contribution in [3.05, 3.63) is 24.3 Å². The number of hydrogen-bond donors (Lipinski definition) is 1. The molecule has 2 unspecified atom stereocenters. The Morgan fingerprint density at radius 1 is 0.458 bits per heavy atom. The zero-order valence-electron chi connectivity index (χ0n) is 38.9. The Kier molecular flexibility index (Phi) is 44.9. The van der Waals surface area contributed by atoms with Gasteiger partial charge in [0.25, 0.3) is 0 Å². The zero-order valence-corrected chi connectivity index (χ0v) is 39.8. The molecule has 2 atom stereocenters. The van der Waals surface area contributed by atoms with Gasteiger partial charge in [-0.3, -0.25) is 18.6 Å². The van der Waals surface area contributed by atoms with E-state index in [9.17, 15) is 19.0 Å². The first kappa shape index (κ1) is 57.5. The van der Waals surface area contributed by atoms with Gasteiger partial charge in [-0.1, -0.05) is 205 Å². The molecule has 0 aliphatic heterocycles. The number of esters is 2. The Morgan fingerprint density at radius 3 is 1.10 bits per heavy atom. The van der Waals surface area contributed by atoms with Crippen LogP contribution in [0.4, 0.5) is 0 Å². The van der Waals surface area contributed by atoms with Gasteiger partial charge in [0.05, 0.1) is 6.61 Å². The summed E-state index contributed by atoms with van der Waals surface area (Å²) in [5, 5.41) is 0. The summed E-state index contributed by atoms with van der Waals surface area (Å²) < 4.78 is 32.1. The van der Waals surface area contributed by atoms with Gasteiger partial charge < -0.3 is 14.4 Å². The number of carbonyl (C=O) groups is 2. The van der Waals surface area contributed by atoms with Crippen molar-refractivity contribution in [2.45, 2.75) is 264 Å². The fraction of sp³-hybridized carbons (Fsp3) is 0.880. The van der Waals surface area contributed by atoms with Crippen molar-refractivity contribution >= 4 is 19.8 Å². The molecule has 0 aromatic heterocycles. The van der Waals surface area contributed by atoms with Crippen LogP contribution in [0.2, 0.25) is 0 Å².